The number of oxazole rings is 1. The Kier molecular flexibility index (Phi) is 4.52. The van der Waals surface area contributed by atoms with Gasteiger partial charge in [0.05, 0.1) is 11.6 Å². The molecule has 28 heavy (non-hydrogen) atoms. The van der Waals surface area contributed by atoms with Gasteiger partial charge < -0.3 is 13.6 Å². The highest BCUT2D eigenvalue weighted by molar-refractivity contribution is 5.90. The van der Waals surface area contributed by atoms with Crippen LogP contribution in [-0.4, -0.2) is 17.5 Å². The molecule has 1 amide bonds. The van der Waals surface area contributed by atoms with Crippen LogP contribution in [0, 0.1) is 18.3 Å². The molecule has 7 heteroatoms. The van der Waals surface area contributed by atoms with E-state index in [0.29, 0.717) is 28.2 Å². The molecule has 138 valence electrons. The molecule has 0 aliphatic rings. The van der Waals surface area contributed by atoms with Gasteiger partial charge in [0.15, 0.2) is 18.0 Å². The van der Waals surface area contributed by atoms with Gasteiger partial charge in [-0.1, -0.05) is 18.2 Å². The first kappa shape index (κ1) is 17.4. The molecule has 4 aromatic rings. The highest BCUT2D eigenvalue weighted by Gasteiger charge is 2.14. The van der Waals surface area contributed by atoms with E-state index < -0.39 is 0 Å². The Hall–Kier alpha value is -4.05. The lowest BCUT2D eigenvalue weighted by Gasteiger charge is -2.08. The number of nitrogens with one attached hydrogen (secondary N) is 1. The summed E-state index contributed by atoms with van der Waals surface area (Å²) in [5.74, 6) is 1.20. The van der Waals surface area contributed by atoms with Crippen LogP contribution >= 0.6 is 0 Å². The number of ether oxygens (including phenoxy) is 1. The zero-order valence-electron chi connectivity index (χ0n) is 14.9. The number of hydrogen-bond donors (Lipinski definition) is 1. The summed E-state index contributed by atoms with van der Waals surface area (Å²) in [7, 11) is 0. The molecule has 0 saturated heterocycles. The Labute approximate surface area is 160 Å². The first-order chi connectivity index (χ1) is 13.6. The number of amides is 1. The Morgan fingerprint density at radius 1 is 1.18 bits per heavy atom. The van der Waals surface area contributed by atoms with Crippen molar-refractivity contribution < 1.29 is 18.4 Å². The Bertz CT molecular complexity index is 1200. The monoisotopic (exact) mass is 373 g/mol. The highest BCUT2D eigenvalue weighted by atomic mass is 16.5. The lowest BCUT2D eigenvalue weighted by Crippen LogP contribution is -2.20. The zero-order valence-corrected chi connectivity index (χ0v) is 14.9. The van der Waals surface area contributed by atoms with E-state index in [2.05, 4.69) is 16.4 Å². The molecule has 7 nitrogen and oxygen atoms in total. The molecule has 0 radical (unpaired) electrons. The maximum atomic E-state index is 12.1. The summed E-state index contributed by atoms with van der Waals surface area (Å²) in [5, 5.41) is 11.6. The molecule has 0 unspecified atom stereocenters. The van der Waals surface area contributed by atoms with E-state index in [0.717, 1.165) is 5.56 Å². The molecule has 0 fully saturated rings. The number of aryl methyl sites for hydroxylation is 1. The topological polar surface area (TPSA) is 101 Å². The number of para-hydroxylation sites is 1. The number of aromatic nitrogens is 1. The fourth-order valence-corrected chi connectivity index (χ4v) is 2.66. The van der Waals surface area contributed by atoms with E-state index >= 15 is 0 Å². The fourth-order valence-electron chi connectivity index (χ4n) is 2.66. The summed E-state index contributed by atoms with van der Waals surface area (Å²) in [6.45, 7) is 1.77. The van der Waals surface area contributed by atoms with Gasteiger partial charge in [-0.15, -0.1) is 0 Å². The van der Waals surface area contributed by atoms with Gasteiger partial charge in [-0.2, -0.15) is 5.26 Å². The third kappa shape index (κ3) is 3.57. The van der Waals surface area contributed by atoms with Crippen LogP contribution in [-0.2, 0) is 4.79 Å². The quantitative estimate of drug-likeness (QED) is 0.560. The van der Waals surface area contributed by atoms with E-state index in [1.54, 1.807) is 36.4 Å². The number of hydrogen-bond acceptors (Lipinski definition) is 6. The molecule has 0 aliphatic carbocycles. The molecule has 2 aromatic carbocycles. The number of carbonyl (C=O) groups is 1. The Morgan fingerprint density at radius 3 is 2.86 bits per heavy atom. The molecule has 0 aliphatic heterocycles. The van der Waals surface area contributed by atoms with Crippen molar-refractivity contribution >= 4 is 22.9 Å². The second-order valence-corrected chi connectivity index (χ2v) is 6.08. The maximum absolute atomic E-state index is 12.1. The minimum Gasteiger partial charge on any atom is -0.483 e. The average molecular weight is 373 g/mol. The summed E-state index contributed by atoms with van der Waals surface area (Å²) >= 11 is 0. The second-order valence-electron chi connectivity index (χ2n) is 6.08. The molecule has 0 spiro atoms. The van der Waals surface area contributed by atoms with E-state index in [1.165, 1.54) is 0 Å². The van der Waals surface area contributed by atoms with Gasteiger partial charge in [0.25, 0.3) is 11.8 Å². The standard InChI is InChI=1S/C21H15N3O4/c1-13-4-2-3-5-16(13)26-12-19(25)24-20-9-8-18(27-20)21-23-15-10-14(11-22)6-7-17(15)28-21/h2-10H,12H2,1H3,(H,24,25). The van der Waals surface area contributed by atoms with Crippen LogP contribution in [0.15, 0.2) is 63.4 Å². The number of anilines is 1. The van der Waals surface area contributed by atoms with E-state index in [9.17, 15) is 4.79 Å². The molecule has 2 aromatic heterocycles. The van der Waals surface area contributed by atoms with Crippen molar-refractivity contribution in [2.24, 2.45) is 0 Å². The Morgan fingerprint density at radius 2 is 2.04 bits per heavy atom. The number of nitriles is 1. The van der Waals surface area contributed by atoms with Crippen molar-refractivity contribution in [1.82, 2.24) is 4.98 Å². The molecular formula is C21H15N3O4. The van der Waals surface area contributed by atoms with Crippen LogP contribution in [0.2, 0.25) is 0 Å². The van der Waals surface area contributed by atoms with Crippen LogP contribution in [0.3, 0.4) is 0 Å². The molecule has 2 heterocycles. The minimum absolute atomic E-state index is 0.138. The van der Waals surface area contributed by atoms with E-state index in [-0.39, 0.29) is 24.3 Å². The minimum atomic E-state index is -0.347. The predicted molar refractivity (Wildman–Crippen MR) is 102 cm³/mol. The fraction of sp³-hybridized carbons (Fsp3) is 0.0952. The van der Waals surface area contributed by atoms with Gasteiger partial charge >= 0.3 is 0 Å². The average Bonchev–Trinajstić information content (AvgIpc) is 3.33. The smallest absolute Gasteiger partial charge is 0.264 e. The van der Waals surface area contributed by atoms with Gasteiger partial charge in [-0.25, -0.2) is 4.98 Å². The first-order valence-electron chi connectivity index (χ1n) is 8.51. The van der Waals surface area contributed by atoms with Gasteiger partial charge in [0.2, 0.25) is 5.88 Å². The number of rotatable bonds is 5. The summed E-state index contributed by atoms with van der Waals surface area (Å²) in [5.41, 5.74) is 2.55. The van der Waals surface area contributed by atoms with Crippen LogP contribution in [0.5, 0.6) is 5.75 Å². The molecule has 0 saturated carbocycles. The van der Waals surface area contributed by atoms with Crippen molar-refractivity contribution in [3.8, 4) is 23.5 Å². The third-order valence-corrected chi connectivity index (χ3v) is 4.05. The van der Waals surface area contributed by atoms with Crippen molar-refractivity contribution in [3.05, 3.63) is 65.7 Å². The van der Waals surface area contributed by atoms with Crippen LogP contribution in [0.1, 0.15) is 11.1 Å². The van der Waals surface area contributed by atoms with Crippen molar-refractivity contribution in [2.75, 3.05) is 11.9 Å². The second kappa shape index (κ2) is 7.29. The normalized spacial score (nSPS) is 10.6. The number of fused-ring (bicyclic) bond motifs is 1. The van der Waals surface area contributed by atoms with Gasteiger partial charge in [0.1, 0.15) is 11.3 Å². The number of nitrogens with zero attached hydrogens (tertiary/aromatic N) is 2. The number of benzene rings is 2. The lowest BCUT2D eigenvalue weighted by atomic mass is 10.2. The molecule has 0 bridgehead atoms. The first-order valence-corrected chi connectivity index (χ1v) is 8.51. The molecular weight excluding hydrogens is 358 g/mol. The van der Waals surface area contributed by atoms with Crippen LogP contribution in [0.4, 0.5) is 5.88 Å². The summed E-state index contributed by atoms with van der Waals surface area (Å²) < 4.78 is 16.7. The van der Waals surface area contributed by atoms with Crippen LogP contribution < -0.4 is 10.1 Å². The maximum Gasteiger partial charge on any atom is 0.264 e. The highest BCUT2D eigenvalue weighted by Crippen LogP contribution is 2.28. The molecule has 4 rings (SSSR count). The SMILES string of the molecule is Cc1ccccc1OCC(=O)Nc1ccc(-c2nc3cc(C#N)ccc3o2)o1. The van der Waals surface area contributed by atoms with Crippen molar-refractivity contribution in [1.29, 1.82) is 5.26 Å². The predicted octanol–water partition coefficient (Wildman–Crippen LogP) is 4.29. The largest absolute Gasteiger partial charge is 0.483 e. The van der Waals surface area contributed by atoms with Crippen molar-refractivity contribution in [3.63, 3.8) is 0 Å². The summed E-state index contributed by atoms with van der Waals surface area (Å²) in [6, 6.07) is 17.7. The third-order valence-electron chi connectivity index (χ3n) is 4.05. The molecule has 0 atom stereocenters. The zero-order chi connectivity index (χ0) is 19.5. The van der Waals surface area contributed by atoms with Gasteiger partial charge in [0, 0.05) is 6.07 Å². The summed E-state index contributed by atoms with van der Waals surface area (Å²) in [4.78, 5) is 16.4. The van der Waals surface area contributed by atoms with Gasteiger partial charge in [-0.3, -0.25) is 10.1 Å². The Balaban J connectivity index is 1.43. The van der Waals surface area contributed by atoms with Gasteiger partial charge in [-0.05, 0) is 42.8 Å². The number of carbonyl (C=O) groups excluding carboxylic acids is 1. The van der Waals surface area contributed by atoms with Crippen LogP contribution in [0.25, 0.3) is 22.8 Å². The molecule has 1 N–H and O–H groups in total. The van der Waals surface area contributed by atoms with Crippen molar-refractivity contribution in [2.45, 2.75) is 6.92 Å². The van der Waals surface area contributed by atoms with E-state index in [1.807, 2.05) is 25.1 Å². The summed E-state index contributed by atoms with van der Waals surface area (Å²) in [6.07, 6.45) is 0. The number of furan rings is 1. The van der Waals surface area contributed by atoms with E-state index in [4.69, 9.17) is 18.8 Å². The lowest BCUT2D eigenvalue weighted by molar-refractivity contribution is -0.118.